The van der Waals surface area contributed by atoms with E-state index in [2.05, 4.69) is 147 Å². The highest BCUT2D eigenvalue weighted by Crippen LogP contribution is 2.39. The molecule has 10 aromatic carbocycles. The zero-order valence-corrected chi connectivity index (χ0v) is 87.5. The van der Waals surface area contributed by atoms with Crippen molar-refractivity contribution in [1.82, 2.24) is 48.2 Å². The number of aromatic nitrogens is 5. The summed E-state index contributed by atoms with van der Waals surface area (Å²) in [6, 6.07) is 61.1. The Balaban J connectivity index is 0.000000316. The van der Waals surface area contributed by atoms with Crippen molar-refractivity contribution in [2.45, 2.75) is 290 Å². The highest BCUT2D eigenvalue weighted by molar-refractivity contribution is 6.18. The molecule has 1 aliphatic heterocycles. The summed E-state index contributed by atoms with van der Waals surface area (Å²) in [6.07, 6.45) is 9.91. The molecule has 2 N–H and O–H groups in total. The van der Waals surface area contributed by atoms with Crippen molar-refractivity contribution < 1.29 is 47.9 Å². The molecule has 22 heteroatoms. The molecular formula is C123H166Cl2N10O10. The third-order valence-electron chi connectivity index (χ3n) is 27.7. The number of likely N-dealkylation sites (tertiary alicyclic amines) is 1. The summed E-state index contributed by atoms with van der Waals surface area (Å²) in [4.78, 5) is 128. The van der Waals surface area contributed by atoms with Crippen molar-refractivity contribution >= 4 is 192 Å². The minimum atomic E-state index is 0. The smallest absolute Gasteiger partial charge is 0.162 e. The lowest BCUT2D eigenvalue weighted by Crippen LogP contribution is -2.44. The van der Waals surface area contributed by atoms with Gasteiger partial charge < -0.3 is 43.3 Å². The number of halogens is 2. The van der Waals surface area contributed by atoms with Crippen molar-refractivity contribution in [3.8, 4) is 0 Å². The van der Waals surface area contributed by atoms with Crippen LogP contribution in [0.15, 0.2) is 182 Å². The number of Topliss-reactive ketones (excluding diaryl/α,β-unsaturated/α-hetero) is 10. The number of nitrogens with zero attached hydrogens (tertiary/aromatic N) is 8. The molecule has 6 heterocycles. The fourth-order valence-electron chi connectivity index (χ4n) is 19.7. The summed E-state index contributed by atoms with van der Waals surface area (Å²) in [5.74, 6) is 0.980. The van der Waals surface area contributed by atoms with Crippen LogP contribution in [-0.2, 0) is 32.7 Å². The summed E-state index contributed by atoms with van der Waals surface area (Å²) in [7, 11) is 0. The molecule has 5 aromatic heterocycles. The van der Waals surface area contributed by atoms with E-state index in [1.165, 1.54) is 19.3 Å². The summed E-state index contributed by atoms with van der Waals surface area (Å²) in [5.41, 5.74) is 18.4. The number of carbonyl (C=O) groups excluding carboxylic acids is 10. The molecule has 0 amide bonds. The van der Waals surface area contributed by atoms with E-state index in [1.54, 1.807) is 41.5 Å². The molecule has 1 saturated heterocycles. The maximum atomic E-state index is 12.5. The normalized spacial score (nSPS) is 12.8. The van der Waals surface area contributed by atoms with Gasteiger partial charge in [0.2, 0.25) is 0 Å². The summed E-state index contributed by atoms with van der Waals surface area (Å²) in [5, 5.41) is 17.3. The number of likely N-dealkylation sites (N-methyl/N-ethyl adjacent to an activating group) is 2. The van der Waals surface area contributed by atoms with Crippen LogP contribution in [0.3, 0.4) is 0 Å². The molecule has 15 aromatic rings. The van der Waals surface area contributed by atoms with Gasteiger partial charge in [0.15, 0.2) is 57.8 Å². The Morgan fingerprint density at radius 1 is 0.297 bits per heavy atom. The molecule has 20 nitrogen and oxygen atoms in total. The molecule has 0 spiro atoms. The van der Waals surface area contributed by atoms with Crippen LogP contribution in [0.25, 0.3) is 109 Å². The zero-order valence-electron chi connectivity index (χ0n) is 85.9. The van der Waals surface area contributed by atoms with E-state index in [9.17, 15) is 47.9 Å². The van der Waals surface area contributed by atoms with Gasteiger partial charge in [-0.3, -0.25) is 52.8 Å². The van der Waals surface area contributed by atoms with E-state index in [0.717, 1.165) is 255 Å². The third kappa shape index (κ3) is 29.0. The molecule has 2 atom stereocenters. The molecule has 145 heavy (non-hydrogen) atoms. The highest BCUT2D eigenvalue weighted by atomic mass is 35.5. The molecule has 0 radical (unpaired) electrons. The fourth-order valence-corrected chi connectivity index (χ4v) is 19.7. The first-order valence-corrected chi connectivity index (χ1v) is 50.5. The molecule has 0 bridgehead atoms. The van der Waals surface area contributed by atoms with Crippen LogP contribution in [0.2, 0.25) is 0 Å². The number of benzene rings is 10. The molecule has 16 rings (SSSR count). The summed E-state index contributed by atoms with van der Waals surface area (Å²) in [6.45, 7) is 51.4. The van der Waals surface area contributed by atoms with Crippen molar-refractivity contribution in [3.63, 3.8) is 0 Å². The van der Waals surface area contributed by atoms with Gasteiger partial charge in [-0.2, -0.15) is 0 Å². The Kier molecular flexibility index (Phi) is 49.0. The van der Waals surface area contributed by atoms with Crippen molar-refractivity contribution in [1.29, 1.82) is 0 Å². The Hall–Kier alpha value is -11.7. The predicted molar refractivity (Wildman–Crippen MR) is 619 cm³/mol. The molecule has 0 saturated carbocycles. The van der Waals surface area contributed by atoms with E-state index >= 15 is 0 Å². The van der Waals surface area contributed by atoms with Crippen molar-refractivity contribution in [2.75, 3.05) is 65.4 Å². The number of hydrogen-bond acceptors (Lipinski definition) is 15. The van der Waals surface area contributed by atoms with Crippen LogP contribution in [-0.4, -0.2) is 179 Å². The number of nitrogens with one attached hydrogen (secondary N) is 2. The van der Waals surface area contributed by atoms with E-state index in [0.29, 0.717) is 77.2 Å². The standard InChI is InChI=1S/C26H32N2O2.C26H34N2O2.C24H30N2O2.2C21H24N2O2.5CH4.2ClH/c1-17-7-5-8-18(2)27(17)13-6-14-28-25-11-9-21(19(3)29)15-23(25)24-16-22(20(4)30)10-12-26(24)28;1-5-9-25(29)19-11-13-23-21(17-19)22-18-20(26(30)10-6-2)12-14-24(22)28(23)16-15-27(7-3)8-4;1-5-23(27)17-9-11-21-19(15-17)20-16-18(24(28)6-2)10-12-22(20)26(21)14-13-25(7-3)8-4;1-13(2)22-9-10-23-20-7-5-16(14(3)24)11-18(20)19-12-17(15(4)25)6-8-21(19)23;1-4-9-22-10-11-23-20-7-5-16(14(2)24)12-18(20)19-13-17(15(3)25)6-8-21(19)23;;;;;;;/h9-12,15-18H,5-8,13-14H2,1-4H3;11-14,17-18H,5-10,15-16H2,1-4H3;9-12,15-16H,5-8,13-14H2,1-4H3;5-8,11-13,22H,9-10H2,1-4H3;5-8,12-13,22H,4,9-11H2,1-3H3;5*1H4;2*1H/t17-,18+;;;;;;;;;;;. The van der Waals surface area contributed by atoms with Gasteiger partial charge in [0, 0.05) is 274 Å². The largest absolute Gasteiger partial charge is 0.340 e. The first-order chi connectivity index (χ1) is 66.3. The first kappa shape index (κ1) is 124. The molecule has 1 fully saturated rings. The second kappa shape index (κ2) is 57.4. The second-order valence-corrected chi connectivity index (χ2v) is 37.4. The number of carbonyl (C=O) groups is 10. The van der Waals surface area contributed by atoms with Gasteiger partial charge in [0.05, 0.1) is 0 Å². The lowest BCUT2D eigenvalue weighted by atomic mass is 9.97. The number of fused-ring (bicyclic) bond motifs is 15. The molecular weight excluding hydrogens is 1850 g/mol. The van der Waals surface area contributed by atoms with E-state index in [4.69, 9.17) is 0 Å². The molecule has 1 aliphatic rings. The SMILES string of the molecule is C.C.C.C.C.CC(=O)c1ccc2c(c1)c1cc(C(C)=O)ccc1n2CCCN1[C@H](C)CCC[C@@H]1C.CC(=O)c1ccc2c(c1)c1cc(C(C)=O)ccc1n2CCNC(C)C.CCC(=O)c1ccc2c(c1)c1cc(C(=O)CC)ccc1n2CCN(CC)CC.CCCC(=O)c1ccc2c(c1)c1cc(C(=O)CCC)ccc1n2CCN(CC)CC.CCCNCCn1c2ccc(C(C)=O)cc2c2cc(C(C)=O)ccc21.Cl.Cl. The van der Waals surface area contributed by atoms with Crippen LogP contribution in [0, 0.1) is 0 Å². The first-order valence-electron chi connectivity index (χ1n) is 50.5. The minimum Gasteiger partial charge on any atom is -0.340 e. The average Bonchev–Trinajstić information content (AvgIpc) is 1.53. The van der Waals surface area contributed by atoms with Gasteiger partial charge >= 0.3 is 0 Å². The maximum absolute atomic E-state index is 12.5. The van der Waals surface area contributed by atoms with Crippen molar-refractivity contribution in [2.24, 2.45) is 0 Å². The maximum Gasteiger partial charge on any atom is 0.162 e. The summed E-state index contributed by atoms with van der Waals surface area (Å²) >= 11 is 0. The quantitative estimate of drug-likeness (QED) is 0.0270. The third-order valence-corrected chi connectivity index (χ3v) is 27.7. The number of rotatable bonds is 39. The van der Waals surface area contributed by atoms with Crippen molar-refractivity contribution in [3.05, 3.63) is 238 Å². The Bertz CT molecular complexity index is 6660. The van der Waals surface area contributed by atoms with Crippen LogP contribution >= 0.6 is 24.8 Å². The molecule has 0 unspecified atom stereocenters. The van der Waals surface area contributed by atoms with Gasteiger partial charge in [-0.1, -0.05) is 120 Å². The average molecular weight is 2020 g/mol. The second-order valence-electron chi connectivity index (χ2n) is 37.4. The van der Waals surface area contributed by atoms with E-state index < -0.39 is 0 Å². The van der Waals surface area contributed by atoms with Gasteiger partial charge in [-0.25, -0.2) is 0 Å². The van der Waals surface area contributed by atoms with E-state index in [1.807, 2.05) is 173 Å². The van der Waals surface area contributed by atoms with Gasteiger partial charge in [0.25, 0.3) is 0 Å². The Morgan fingerprint density at radius 2 is 0.524 bits per heavy atom. The Labute approximate surface area is 875 Å². The van der Waals surface area contributed by atoms with Gasteiger partial charge in [-0.05, 0) is 309 Å². The van der Waals surface area contributed by atoms with Crippen LogP contribution in [0.5, 0.6) is 0 Å². The van der Waals surface area contributed by atoms with Gasteiger partial charge in [0.1, 0.15) is 0 Å². The number of aryl methyl sites for hydroxylation is 1. The van der Waals surface area contributed by atoms with E-state index in [-0.39, 0.29) is 120 Å². The predicted octanol–water partition coefficient (Wildman–Crippen LogP) is 29.7. The lowest BCUT2D eigenvalue weighted by Gasteiger charge is -2.39. The van der Waals surface area contributed by atoms with Crippen LogP contribution < -0.4 is 10.6 Å². The topological polar surface area (TPSA) is 229 Å². The van der Waals surface area contributed by atoms with Crippen LogP contribution in [0.4, 0.5) is 0 Å². The molecule has 782 valence electrons. The highest BCUT2D eigenvalue weighted by Gasteiger charge is 2.27. The zero-order chi connectivity index (χ0) is 99.5. The summed E-state index contributed by atoms with van der Waals surface area (Å²) < 4.78 is 11.5. The fraction of sp³-hybridized carbons (Fsp3) is 0.431. The van der Waals surface area contributed by atoms with Gasteiger partial charge in [-0.15, -0.1) is 24.8 Å². The number of ketones is 10. The monoisotopic (exact) mass is 2010 g/mol. The lowest BCUT2D eigenvalue weighted by molar-refractivity contribution is 0.0973. The Morgan fingerprint density at radius 3 is 0.752 bits per heavy atom. The molecule has 0 aliphatic carbocycles. The number of hydrogen-bond donors (Lipinski definition) is 2. The minimum absolute atomic E-state index is 0. The number of piperidine rings is 1. The van der Waals surface area contributed by atoms with Crippen LogP contribution in [0.1, 0.15) is 343 Å².